The molecule has 0 aliphatic carbocycles. The molecule has 16 heavy (non-hydrogen) atoms. The largest absolute Gasteiger partial charge is 0.235 e. The minimum atomic E-state index is 0.510. The van der Waals surface area contributed by atoms with Crippen LogP contribution in [-0.2, 0) is 0 Å². The van der Waals surface area contributed by atoms with Crippen molar-refractivity contribution in [3.8, 4) is 0 Å². The van der Waals surface area contributed by atoms with Crippen molar-refractivity contribution in [2.75, 3.05) is 0 Å². The number of para-hydroxylation sites is 1. The Hall–Kier alpha value is -0.480. The van der Waals surface area contributed by atoms with Gasteiger partial charge in [0.05, 0.1) is 14.2 Å². The van der Waals surface area contributed by atoms with Crippen molar-refractivity contribution in [3.05, 3.63) is 40.2 Å². The summed E-state index contributed by atoms with van der Waals surface area (Å²) >= 11 is 15.4. The molecule has 0 unspecified atom stereocenters. The van der Waals surface area contributed by atoms with E-state index in [-0.39, 0.29) is 0 Å². The van der Waals surface area contributed by atoms with E-state index >= 15 is 0 Å². The Balaban J connectivity index is 2.24. The fourth-order valence-corrected chi connectivity index (χ4v) is 4.45. The minimum absolute atomic E-state index is 0.510. The Morgan fingerprint density at radius 1 is 1.12 bits per heavy atom. The van der Waals surface area contributed by atoms with E-state index in [1.54, 1.807) is 11.8 Å². The molecule has 1 aromatic heterocycles. The van der Waals surface area contributed by atoms with Gasteiger partial charge in [0.15, 0.2) is 0 Å². The summed E-state index contributed by atoms with van der Waals surface area (Å²) in [5.41, 5.74) is 1.84. The first-order chi connectivity index (χ1) is 7.74. The van der Waals surface area contributed by atoms with Crippen LogP contribution in [0.25, 0.3) is 0 Å². The smallest absolute Gasteiger partial charge is 0.139 e. The molecule has 5 heteroatoms. The fraction of sp³-hybridized carbons (Fsp3) is 0. The first kappa shape index (κ1) is 10.7. The molecule has 0 radical (unpaired) electrons. The summed E-state index contributed by atoms with van der Waals surface area (Å²) in [5.74, 6) is 0. The Labute approximate surface area is 111 Å². The zero-order chi connectivity index (χ0) is 11.1. The Bertz CT molecular complexity index is 589. The molecule has 0 atom stereocenters. The van der Waals surface area contributed by atoms with Gasteiger partial charge in [-0.3, -0.25) is 0 Å². The van der Waals surface area contributed by atoms with Crippen molar-refractivity contribution in [2.45, 2.75) is 9.10 Å². The van der Waals surface area contributed by atoms with Gasteiger partial charge in [0.2, 0.25) is 0 Å². The molecule has 0 spiro atoms. The monoisotopic (exact) mass is 285 g/mol. The number of aliphatic imine (C=N–C) groups is 1. The van der Waals surface area contributed by atoms with Crippen LogP contribution in [0.2, 0.25) is 4.34 Å². The maximum atomic E-state index is 6.18. The van der Waals surface area contributed by atoms with Crippen LogP contribution in [0, 0.1) is 0 Å². The number of nitrogens with zero attached hydrogens (tertiary/aromatic N) is 1. The molecule has 1 aliphatic heterocycles. The SMILES string of the molecule is ClC1=Nc2ccccc2Sc2sc(Cl)cc21. The molecule has 0 fully saturated rings. The average Bonchev–Trinajstić information content (AvgIpc) is 2.57. The highest BCUT2D eigenvalue weighted by molar-refractivity contribution is 8.01. The predicted molar refractivity (Wildman–Crippen MR) is 71.9 cm³/mol. The highest BCUT2D eigenvalue weighted by atomic mass is 35.5. The van der Waals surface area contributed by atoms with Gasteiger partial charge in [0.1, 0.15) is 5.17 Å². The average molecular weight is 286 g/mol. The molecule has 3 rings (SSSR count). The predicted octanol–water partition coefficient (Wildman–Crippen LogP) is 5.18. The van der Waals surface area contributed by atoms with Gasteiger partial charge in [-0.2, -0.15) is 0 Å². The summed E-state index contributed by atoms with van der Waals surface area (Å²) < 4.78 is 1.84. The number of halogens is 2. The van der Waals surface area contributed by atoms with Crippen LogP contribution in [0.1, 0.15) is 5.56 Å². The standard InChI is InChI=1S/C11H5Cl2NS2/c12-9-5-6-10(13)14-7-3-1-2-4-8(7)15-11(6)16-9/h1-5H. The van der Waals surface area contributed by atoms with E-state index in [1.807, 2.05) is 30.3 Å². The molecule has 0 saturated heterocycles. The van der Waals surface area contributed by atoms with Crippen molar-refractivity contribution in [1.82, 2.24) is 0 Å². The normalized spacial score (nSPS) is 13.8. The van der Waals surface area contributed by atoms with Gasteiger partial charge in [0.25, 0.3) is 0 Å². The third kappa shape index (κ3) is 1.78. The van der Waals surface area contributed by atoms with E-state index in [4.69, 9.17) is 23.2 Å². The number of fused-ring (bicyclic) bond motifs is 2. The van der Waals surface area contributed by atoms with Crippen LogP contribution >= 0.6 is 46.3 Å². The summed E-state index contributed by atoms with van der Waals surface area (Å²) in [4.78, 5) is 5.51. The summed E-state index contributed by atoms with van der Waals surface area (Å²) in [6.45, 7) is 0. The topological polar surface area (TPSA) is 12.4 Å². The van der Waals surface area contributed by atoms with E-state index in [9.17, 15) is 0 Å². The highest BCUT2D eigenvalue weighted by Gasteiger charge is 2.18. The van der Waals surface area contributed by atoms with Gasteiger partial charge < -0.3 is 0 Å². The summed E-state index contributed by atoms with van der Waals surface area (Å²) in [5, 5.41) is 0.510. The van der Waals surface area contributed by atoms with Crippen LogP contribution in [0.4, 0.5) is 5.69 Å². The third-order valence-corrected chi connectivity index (χ3v) is 4.99. The zero-order valence-electron chi connectivity index (χ0n) is 7.91. The lowest BCUT2D eigenvalue weighted by atomic mass is 10.3. The lowest BCUT2D eigenvalue weighted by molar-refractivity contribution is 1.39. The maximum absolute atomic E-state index is 6.18. The van der Waals surface area contributed by atoms with Crippen molar-refractivity contribution in [3.63, 3.8) is 0 Å². The van der Waals surface area contributed by atoms with E-state index in [1.165, 1.54) is 11.3 Å². The number of hydrogen-bond donors (Lipinski definition) is 0. The summed E-state index contributed by atoms with van der Waals surface area (Å²) in [6.07, 6.45) is 0. The van der Waals surface area contributed by atoms with Crippen LogP contribution in [-0.4, -0.2) is 5.17 Å². The molecule has 2 heterocycles. The second kappa shape index (κ2) is 4.08. The molecule has 1 nitrogen and oxygen atoms in total. The lowest BCUT2D eigenvalue weighted by Crippen LogP contribution is -1.86. The maximum Gasteiger partial charge on any atom is 0.139 e. The minimum Gasteiger partial charge on any atom is -0.235 e. The molecule has 0 amide bonds. The summed E-state index contributed by atoms with van der Waals surface area (Å²) in [7, 11) is 0. The van der Waals surface area contributed by atoms with Crippen molar-refractivity contribution < 1.29 is 0 Å². The van der Waals surface area contributed by atoms with Crippen LogP contribution in [0.15, 0.2) is 44.4 Å². The lowest BCUT2D eigenvalue weighted by Gasteiger charge is -1.99. The Morgan fingerprint density at radius 2 is 1.94 bits per heavy atom. The van der Waals surface area contributed by atoms with Gasteiger partial charge in [0, 0.05) is 10.5 Å². The quantitative estimate of drug-likeness (QED) is 0.649. The first-order valence-corrected chi connectivity index (χ1v) is 6.94. The van der Waals surface area contributed by atoms with E-state index < -0.39 is 0 Å². The van der Waals surface area contributed by atoms with Gasteiger partial charge in [-0.25, -0.2) is 4.99 Å². The van der Waals surface area contributed by atoms with E-state index in [0.717, 1.165) is 24.7 Å². The Kier molecular flexibility index (Phi) is 2.72. The Morgan fingerprint density at radius 3 is 2.81 bits per heavy atom. The third-order valence-electron chi connectivity index (χ3n) is 2.18. The second-order valence-corrected chi connectivity index (χ2v) is 6.58. The number of hydrogen-bond acceptors (Lipinski definition) is 3. The van der Waals surface area contributed by atoms with Crippen molar-refractivity contribution in [1.29, 1.82) is 0 Å². The molecule has 80 valence electrons. The van der Waals surface area contributed by atoms with Crippen LogP contribution in [0.3, 0.4) is 0 Å². The van der Waals surface area contributed by atoms with E-state index in [0.29, 0.717) is 5.17 Å². The highest BCUT2D eigenvalue weighted by Crippen LogP contribution is 2.45. The molecule has 0 saturated carbocycles. The van der Waals surface area contributed by atoms with Gasteiger partial charge in [-0.15, -0.1) is 11.3 Å². The second-order valence-electron chi connectivity index (χ2n) is 3.22. The van der Waals surface area contributed by atoms with Crippen LogP contribution in [0.5, 0.6) is 0 Å². The molecule has 1 aromatic carbocycles. The van der Waals surface area contributed by atoms with Crippen molar-refractivity contribution in [2.24, 2.45) is 4.99 Å². The number of benzene rings is 1. The van der Waals surface area contributed by atoms with Crippen molar-refractivity contribution >= 4 is 57.2 Å². The molecule has 1 aliphatic rings. The van der Waals surface area contributed by atoms with E-state index in [2.05, 4.69) is 4.99 Å². The van der Waals surface area contributed by atoms with Gasteiger partial charge in [-0.05, 0) is 18.2 Å². The summed E-state index contributed by atoms with van der Waals surface area (Å²) in [6, 6.07) is 9.82. The van der Waals surface area contributed by atoms with Gasteiger partial charge in [-0.1, -0.05) is 47.1 Å². The molecule has 0 bridgehead atoms. The first-order valence-electron chi connectivity index (χ1n) is 4.55. The fourth-order valence-electron chi connectivity index (χ4n) is 1.47. The molecular weight excluding hydrogens is 281 g/mol. The molecule has 2 aromatic rings. The van der Waals surface area contributed by atoms with Crippen LogP contribution < -0.4 is 0 Å². The van der Waals surface area contributed by atoms with Gasteiger partial charge >= 0.3 is 0 Å². The zero-order valence-corrected chi connectivity index (χ0v) is 11.1. The number of rotatable bonds is 0. The molecular formula is C11H5Cl2NS2. The number of thiophene rings is 1. The molecule has 0 N–H and O–H groups in total.